The zero-order valence-corrected chi connectivity index (χ0v) is 14.7. The van der Waals surface area contributed by atoms with E-state index in [2.05, 4.69) is 40.3 Å². The summed E-state index contributed by atoms with van der Waals surface area (Å²) in [5.74, 6) is 0.454. The van der Waals surface area contributed by atoms with E-state index in [4.69, 9.17) is 11.6 Å². The Morgan fingerprint density at radius 2 is 2.17 bits per heavy atom. The molecule has 126 valence electrons. The lowest BCUT2D eigenvalue weighted by atomic mass is 9.86. The molecule has 1 aromatic carbocycles. The molecule has 2 aromatic heterocycles. The number of anilines is 1. The second-order valence-electron chi connectivity index (χ2n) is 6.74. The molecule has 2 N–H and O–H groups in total. The summed E-state index contributed by atoms with van der Waals surface area (Å²) in [5.41, 5.74) is 1.51. The zero-order valence-electron chi connectivity index (χ0n) is 13.9. The molecule has 0 fully saturated rings. The summed E-state index contributed by atoms with van der Waals surface area (Å²) in [7, 11) is 1.77. The van der Waals surface area contributed by atoms with Gasteiger partial charge in [0.05, 0.1) is 6.20 Å². The molecule has 0 saturated heterocycles. The Morgan fingerprint density at radius 3 is 2.92 bits per heavy atom. The van der Waals surface area contributed by atoms with E-state index in [9.17, 15) is 4.79 Å². The Balaban J connectivity index is 1.74. The van der Waals surface area contributed by atoms with E-state index in [1.807, 2.05) is 18.2 Å². The molecule has 0 aliphatic carbocycles. The fourth-order valence-electron chi connectivity index (χ4n) is 2.70. The van der Waals surface area contributed by atoms with Crippen LogP contribution >= 0.6 is 11.6 Å². The van der Waals surface area contributed by atoms with Crippen molar-refractivity contribution in [3.63, 3.8) is 0 Å². The van der Waals surface area contributed by atoms with Crippen molar-refractivity contribution in [1.29, 1.82) is 0 Å². The van der Waals surface area contributed by atoms with Crippen molar-refractivity contribution in [2.24, 2.45) is 12.5 Å². The smallest absolute Gasteiger partial charge is 0.263 e. The molecule has 0 aliphatic rings. The maximum Gasteiger partial charge on any atom is 0.263 e. The number of H-pyrrole nitrogens is 1. The molecule has 24 heavy (non-hydrogen) atoms. The Labute approximate surface area is 144 Å². The summed E-state index contributed by atoms with van der Waals surface area (Å²) in [5, 5.41) is 8.52. The highest BCUT2D eigenvalue weighted by Gasteiger charge is 2.19. The third kappa shape index (κ3) is 3.59. The second-order valence-corrected chi connectivity index (χ2v) is 7.18. The van der Waals surface area contributed by atoms with Gasteiger partial charge >= 0.3 is 0 Å². The van der Waals surface area contributed by atoms with E-state index < -0.39 is 0 Å². The highest BCUT2D eigenvalue weighted by molar-refractivity contribution is 6.30. The van der Waals surface area contributed by atoms with Gasteiger partial charge in [-0.05, 0) is 29.5 Å². The van der Waals surface area contributed by atoms with E-state index in [0.717, 1.165) is 11.4 Å². The Kier molecular flexibility index (Phi) is 4.32. The molecule has 0 saturated carbocycles. The van der Waals surface area contributed by atoms with Crippen LogP contribution in [-0.4, -0.2) is 26.3 Å². The van der Waals surface area contributed by atoms with Crippen LogP contribution in [0.3, 0.4) is 0 Å². The SMILES string of the molecule is Cn1ncc2c(=O)[nH]c(NCC(C)(C)Cc3cccc(Cl)c3)nc21. The van der Waals surface area contributed by atoms with Crippen molar-refractivity contribution < 1.29 is 0 Å². The zero-order chi connectivity index (χ0) is 17.3. The maximum absolute atomic E-state index is 12.1. The molecule has 2 heterocycles. The van der Waals surface area contributed by atoms with Crippen molar-refractivity contribution >= 4 is 28.6 Å². The van der Waals surface area contributed by atoms with Crippen LogP contribution in [0.1, 0.15) is 19.4 Å². The number of benzene rings is 1. The summed E-state index contributed by atoms with van der Waals surface area (Å²) >= 11 is 6.05. The predicted molar refractivity (Wildman–Crippen MR) is 96.6 cm³/mol. The number of aromatic amines is 1. The number of nitrogens with zero attached hydrogens (tertiary/aromatic N) is 3. The van der Waals surface area contributed by atoms with Gasteiger partial charge in [0.15, 0.2) is 5.65 Å². The number of hydrogen-bond acceptors (Lipinski definition) is 4. The van der Waals surface area contributed by atoms with Gasteiger partial charge in [-0.2, -0.15) is 10.1 Å². The molecule has 0 spiro atoms. The first-order valence-electron chi connectivity index (χ1n) is 7.74. The average Bonchev–Trinajstić information content (AvgIpc) is 2.87. The second kappa shape index (κ2) is 6.28. The monoisotopic (exact) mass is 345 g/mol. The first-order valence-corrected chi connectivity index (χ1v) is 8.12. The van der Waals surface area contributed by atoms with Crippen molar-refractivity contribution in [3.8, 4) is 0 Å². The van der Waals surface area contributed by atoms with Crippen LogP contribution in [0.4, 0.5) is 5.95 Å². The predicted octanol–water partition coefficient (Wildman–Crippen LogP) is 2.99. The number of rotatable bonds is 5. The van der Waals surface area contributed by atoms with Crippen molar-refractivity contribution in [2.45, 2.75) is 20.3 Å². The third-order valence-corrected chi connectivity index (χ3v) is 4.14. The molecular weight excluding hydrogens is 326 g/mol. The maximum atomic E-state index is 12.1. The first-order chi connectivity index (χ1) is 11.3. The van der Waals surface area contributed by atoms with Gasteiger partial charge in [0, 0.05) is 18.6 Å². The summed E-state index contributed by atoms with van der Waals surface area (Å²) in [6.07, 6.45) is 2.38. The van der Waals surface area contributed by atoms with Gasteiger partial charge in [-0.3, -0.25) is 14.5 Å². The van der Waals surface area contributed by atoms with Crippen molar-refractivity contribution in [3.05, 3.63) is 51.4 Å². The average molecular weight is 346 g/mol. The Hall–Kier alpha value is -2.34. The van der Waals surface area contributed by atoms with Crippen molar-refractivity contribution in [1.82, 2.24) is 19.7 Å². The quantitative estimate of drug-likeness (QED) is 0.745. The van der Waals surface area contributed by atoms with Gasteiger partial charge in [-0.25, -0.2) is 0 Å². The van der Waals surface area contributed by atoms with E-state index in [0.29, 0.717) is 23.5 Å². The number of aromatic nitrogens is 4. The largest absolute Gasteiger partial charge is 0.355 e. The highest BCUT2D eigenvalue weighted by atomic mass is 35.5. The molecule has 6 nitrogen and oxygen atoms in total. The minimum atomic E-state index is -0.191. The minimum absolute atomic E-state index is 0.0370. The standard InChI is InChI=1S/C17H20ClN5O/c1-17(2,8-11-5-4-6-12(18)7-11)10-19-16-21-14-13(15(24)22-16)9-20-23(14)3/h4-7,9H,8,10H2,1-3H3,(H2,19,21,22,24). The third-order valence-electron chi connectivity index (χ3n) is 3.91. The normalized spacial score (nSPS) is 11.8. The Morgan fingerprint density at radius 1 is 1.38 bits per heavy atom. The number of nitrogens with one attached hydrogen (secondary N) is 2. The molecule has 0 amide bonds. The number of halogens is 1. The van der Waals surface area contributed by atoms with Crippen LogP contribution in [0.25, 0.3) is 11.0 Å². The highest BCUT2D eigenvalue weighted by Crippen LogP contribution is 2.23. The van der Waals surface area contributed by atoms with Gasteiger partial charge < -0.3 is 5.32 Å². The molecular formula is C17H20ClN5O. The first kappa shape index (κ1) is 16.5. The van der Waals surface area contributed by atoms with Gasteiger partial charge in [0.25, 0.3) is 5.56 Å². The van der Waals surface area contributed by atoms with Crippen LogP contribution in [0, 0.1) is 5.41 Å². The molecule has 0 radical (unpaired) electrons. The van der Waals surface area contributed by atoms with Gasteiger partial charge in [0.1, 0.15) is 5.39 Å². The van der Waals surface area contributed by atoms with Crippen LogP contribution in [0.2, 0.25) is 5.02 Å². The lowest BCUT2D eigenvalue weighted by Crippen LogP contribution is -2.27. The molecule has 0 aliphatic heterocycles. The van der Waals surface area contributed by atoms with Crippen LogP contribution in [0.5, 0.6) is 0 Å². The summed E-state index contributed by atoms with van der Waals surface area (Å²) in [6.45, 7) is 4.97. The van der Waals surface area contributed by atoms with Crippen LogP contribution < -0.4 is 10.9 Å². The fraction of sp³-hybridized carbons (Fsp3) is 0.353. The van der Waals surface area contributed by atoms with E-state index in [1.165, 1.54) is 11.8 Å². The minimum Gasteiger partial charge on any atom is -0.355 e. The van der Waals surface area contributed by atoms with Gasteiger partial charge in [0.2, 0.25) is 5.95 Å². The van der Waals surface area contributed by atoms with E-state index >= 15 is 0 Å². The molecule has 7 heteroatoms. The van der Waals surface area contributed by atoms with Gasteiger partial charge in [-0.15, -0.1) is 0 Å². The molecule has 3 rings (SSSR count). The van der Waals surface area contributed by atoms with Crippen LogP contribution in [0.15, 0.2) is 35.3 Å². The summed E-state index contributed by atoms with van der Waals surface area (Å²) in [4.78, 5) is 19.3. The number of hydrogen-bond donors (Lipinski definition) is 2. The molecule has 0 bridgehead atoms. The fourth-order valence-corrected chi connectivity index (χ4v) is 2.91. The van der Waals surface area contributed by atoms with Gasteiger partial charge in [-0.1, -0.05) is 37.6 Å². The number of aryl methyl sites for hydroxylation is 1. The number of fused-ring (bicyclic) bond motifs is 1. The van der Waals surface area contributed by atoms with Crippen molar-refractivity contribution in [2.75, 3.05) is 11.9 Å². The molecule has 0 unspecified atom stereocenters. The summed E-state index contributed by atoms with van der Waals surface area (Å²) in [6, 6.07) is 7.87. The summed E-state index contributed by atoms with van der Waals surface area (Å²) < 4.78 is 1.59. The lowest BCUT2D eigenvalue weighted by molar-refractivity contribution is 0.388. The topological polar surface area (TPSA) is 75.6 Å². The van der Waals surface area contributed by atoms with E-state index in [-0.39, 0.29) is 11.0 Å². The molecule has 3 aromatic rings. The Bertz CT molecular complexity index is 928. The lowest BCUT2D eigenvalue weighted by Gasteiger charge is -2.25. The van der Waals surface area contributed by atoms with E-state index in [1.54, 1.807) is 11.7 Å². The van der Waals surface area contributed by atoms with Crippen LogP contribution in [-0.2, 0) is 13.5 Å². The molecule has 0 atom stereocenters.